The second-order valence-electron chi connectivity index (χ2n) is 33.2. The molecule has 0 bridgehead atoms. The number of halogens is 7. The Morgan fingerprint density at radius 3 is 0.991 bits per heavy atom. The third-order valence-electron chi connectivity index (χ3n) is 21.2. The molecule has 0 saturated heterocycles. The topological polar surface area (TPSA) is 299 Å². The Bertz CT molecular complexity index is 3990. The Hall–Kier alpha value is -7.70. The molecule has 0 spiro atoms. The van der Waals surface area contributed by atoms with Crippen LogP contribution >= 0.6 is 12.4 Å². The van der Waals surface area contributed by atoms with Crippen LogP contribution in [0.1, 0.15) is 210 Å². The number of ketones is 1. The molecular formula is C88H126ClF6N9O11. The second-order valence-corrected chi connectivity index (χ2v) is 33.2. The molecule has 3 amide bonds. The molecule has 13 N–H and O–H groups in total. The minimum atomic E-state index is -1.02. The summed E-state index contributed by atoms with van der Waals surface area (Å²) in [6.07, 6.45) is 5.79. The Labute approximate surface area is 682 Å². The van der Waals surface area contributed by atoms with Crippen LogP contribution in [0.3, 0.4) is 0 Å². The molecule has 0 unspecified atom stereocenters. The van der Waals surface area contributed by atoms with Crippen molar-refractivity contribution < 1.29 is 80.5 Å². The molecule has 3 fully saturated rings. The summed E-state index contributed by atoms with van der Waals surface area (Å²) >= 11 is 0. The van der Waals surface area contributed by atoms with Crippen LogP contribution in [0.15, 0.2) is 133 Å². The molecule has 6 aromatic rings. The molecule has 0 heterocycles. The van der Waals surface area contributed by atoms with Gasteiger partial charge in [0.05, 0.1) is 56.4 Å². The van der Waals surface area contributed by atoms with Gasteiger partial charge in [0.1, 0.15) is 47.8 Å². The predicted octanol–water partition coefficient (Wildman–Crippen LogP) is 12.8. The largest absolute Gasteiger partial charge is 0.400 e. The highest BCUT2D eigenvalue weighted by Crippen LogP contribution is 2.42. The number of hydrogen-bond donors (Lipinski definition) is 12. The SMILES string of the molecule is CC(=O)N[C@@H](Cc1cc(F)cc(F)c1)[C@H](O)CNC1(c2cccc(C(C)(C)C)c2)CCC(=O)CC1.CO.CON.CON=C1CCC(NC[C@@H](O)[C@H](Cc2cc(F)cc(F)c2)NC(C)=O)(c2cccc(C(C)(C)C)c2)CC1.CONC1CCC(NC[C@@H](O)[C@H](Cc2cc(F)cc(F)c2)NC(C)=O)(c2cccc(C(C)(C)C)c2)CC1.Cl. The first kappa shape index (κ1) is 99.7. The molecule has 3 aliphatic rings. The van der Waals surface area contributed by atoms with Gasteiger partial charge in [0.15, 0.2) is 0 Å². The van der Waals surface area contributed by atoms with Gasteiger partial charge in [0.2, 0.25) is 17.7 Å². The number of Topliss-reactive ketones (excluding diaryl/α,β-unsaturated/α-hetero) is 1. The lowest BCUT2D eigenvalue weighted by molar-refractivity contribution is -0.122. The summed E-state index contributed by atoms with van der Waals surface area (Å²) in [7, 11) is 5.57. The number of carbonyl (C=O) groups is 4. The van der Waals surface area contributed by atoms with Crippen molar-refractivity contribution in [2.75, 3.05) is 48.1 Å². The van der Waals surface area contributed by atoms with Crippen LogP contribution in [0.4, 0.5) is 26.3 Å². The van der Waals surface area contributed by atoms with Crippen molar-refractivity contribution in [3.63, 3.8) is 0 Å². The lowest BCUT2D eigenvalue weighted by atomic mass is 9.73. The van der Waals surface area contributed by atoms with E-state index in [2.05, 4.69) is 176 Å². The van der Waals surface area contributed by atoms with E-state index in [0.29, 0.717) is 42.4 Å². The highest BCUT2D eigenvalue weighted by Gasteiger charge is 2.42. The molecule has 6 atom stereocenters. The van der Waals surface area contributed by atoms with E-state index in [1.807, 2.05) is 12.1 Å². The van der Waals surface area contributed by atoms with Gasteiger partial charge in [-0.2, -0.15) is 5.48 Å². The van der Waals surface area contributed by atoms with Crippen LogP contribution in [0.25, 0.3) is 0 Å². The van der Waals surface area contributed by atoms with Crippen molar-refractivity contribution in [2.45, 2.75) is 255 Å². The Balaban J connectivity index is 0.000000351. The lowest BCUT2D eigenvalue weighted by Crippen LogP contribution is -2.54. The molecule has 115 heavy (non-hydrogen) atoms. The highest BCUT2D eigenvalue weighted by atomic mass is 35.5. The zero-order valence-corrected chi connectivity index (χ0v) is 70.6. The molecule has 638 valence electrons. The maximum absolute atomic E-state index is 13.8. The fraction of sp³-hybridized carbons (Fsp3) is 0.534. The van der Waals surface area contributed by atoms with Crippen molar-refractivity contribution in [3.05, 3.63) is 212 Å². The van der Waals surface area contributed by atoms with Gasteiger partial charge in [0, 0.05) is 101 Å². The lowest BCUT2D eigenvalue weighted by Gasteiger charge is -2.43. The number of carbonyl (C=O) groups excluding carboxylic acids is 4. The quantitative estimate of drug-likeness (QED) is 0.0169. The zero-order chi connectivity index (χ0) is 84.9. The fourth-order valence-electron chi connectivity index (χ4n) is 15.0. The fourth-order valence-corrected chi connectivity index (χ4v) is 15.0. The summed E-state index contributed by atoms with van der Waals surface area (Å²) in [5.74, 6) is -0.619. The van der Waals surface area contributed by atoms with Crippen LogP contribution in [0.5, 0.6) is 0 Å². The van der Waals surface area contributed by atoms with E-state index < -0.39 is 82.4 Å². The number of nitrogens with two attached hydrogens (primary N) is 1. The predicted molar refractivity (Wildman–Crippen MR) is 441 cm³/mol. The first-order valence-corrected chi connectivity index (χ1v) is 39.0. The van der Waals surface area contributed by atoms with Crippen LogP contribution in [0.2, 0.25) is 0 Å². The third-order valence-corrected chi connectivity index (χ3v) is 21.2. The van der Waals surface area contributed by atoms with Crippen molar-refractivity contribution in [1.82, 2.24) is 37.4 Å². The minimum Gasteiger partial charge on any atom is -0.400 e. The molecule has 27 heteroatoms. The number of hydroxylamine groups is 1. The Kier molecular flexibility index (Phi) is 40.3. The summed E-state index contributed by atoms with van der Waals surface area (Å²) < 4.78 is 82.4. The molecule has 0 aliphatic heterocycles. The van der Waals surface area contributed by atoms with Crippen LogP contribution in [-0.2, 0) is 85.8 Å². The van der Waals surface area contributed by atoms with Gasteiger partial charge in [-0.3, -0.25) is 19.2 Å². The van der Waals surface area contributed by atoms with E-state index in [0.717, 1.165) is 99.1 Å². The average Bonchev–Trinajstić information content (AvgIpc) is 0.786. The zero-order valence-electron chi connectivity index (χ0n) is 69.7. The van der Waals surface area contributed by atoms with Crippen molar-refractivity contribution >= 4 is 41.6 Å². The number of oxime groups is 1. The number of aliphatic hydroxyl groups is 4. The molecule has 20 nitrogen and oxygen atoms in total. The van der Waals surface area contributed by atoms with Gasteiger partial charge >= 0.3 is 0 Å². The molecule has 3 saturated carbocycles. The van der Waals surface area contributed by atoms with E-state index in [1.54, 1.807) is 14.2 Å². The van der Waals surface area contributed by atoms with E-state index in [9.17, 15) is 60.8 Å². The molecule has 3 aliphatic carbocycles. The summed E-state index contributed by atoms with van der Waals surface area (Å²) in [6, 6.07) is 33.1. The summed E-state index contributed by atoms with van der Waals surface area (Å²) in [5, 5.41) is 63.5. The standard InChI is InChI=1S/C29H41F2N3O3.C29H39F2N3O3.C28H36F2N2O3.CH5NO.CH4O.ClH/c2*1-19(35)33-26(15-20-13-23(30)17-24(31)14-20)27(36)18-32-29(11-9-25(10-12-29)34-37-5)22-8-6-7-21(16-22)28(2,3)4;1-18(33)32-25(14-19-12-22(29)16-23(30)13-19)26(35)17-31-28(10-8-24(34)9-11-28)21-7-5-6-20(15-21)27(2,3)4;1-3-2;1-2;/h6-8,13-14,16-17,25-27,32,34,36H,9-12,15,18H2,1-5H3,(H,33,35);6-8,13-14,16-17,26-27,32,36H,9-12,15,18H2,1-5H3,(H,33,35);5-7,12-13,15-16,25-26,31,35H,8-11,14,17H2,1-4H3,(H,32,33);2H2,1H3;2H,1H3;1H/t25?,26-,27+,29?;26-,27+,29?;25-,26+;;;/m000.../s1. The van der Waals surface area contributed by atoms with Crippen LogP contribution in [0, 0.1) is 34.9 Å². The van der Waals surface area contributed by atoms with E-state index >= 15 is 0 Å². The summed E-state index contributed by atoms with van der Waals surface area (Å²) in [6.45, 7) is 24.1. The maximum Gasteiger partial charge on any atom is 0.217 e. The number of nitrogens with zero attached hydrogens (tertiary/aromatic N) is 1. The number of amides is 3. The van der Waals surface area contributed by atoms with Gasteiger partial charge in [-0.1, -0.05) is 140 Å². The molecule has 0 radical (unpaired) electrons. The van der Waals surface area contributed by atoms with E-state index in [-0.39, 0.29) is 103 Å². The molecule has 0 aromatic heterocycles. The number of rotatable bonds is 27. The summed E-state index contributed by atoms with van der Waals surface area (Å²) in [5.41, 5.74) is 10.7. The van der Waals surface area contributed by atoms with Gasteiger partial charge in [0.25, 0.3) is 0 Å². The van der Waals surface area contributed by atoms with E-state index in [1.165, 1.54) is 81.0 Å². The van der Waals surface area contributed by atoms with Gasteiger partial charge < -0.3 is 66.8 Å². The van der Waals surface area contributed by atoms with Crippen molar-refractivity contribution in [3.8, 4) is 0 Å². The minimum absolute atomic E-state index is 0. The number of aliphatic hydroxyl groups excluding tert-OH is 4. The maximum atomic E-state index is 13.8. The van der Waals surface area contributed by atoms with Gasteiger partial charge in [-0.25, -0.2) is 32.2 Å². The molecular weight excluding hydrogens is 1510 g/mol. The Morgan fingerprint density at radius 2 is 0.739 bits per heavy atom. The first-order valence-electron chi connectivity index (χ1n) is 39.0. The first-order chi connectivity index (χ1) is 53.6. The van der Waals surface area contributed by atoms with Gasteiger partial charge in [-0.05, 0) is 186 Å². The van der Waals surface area contributed by atoms with E-state index in [4.69, 9.17) is 14.8 Å². The summed E-state index contributed by atoms with van der Waals surface area (Å²) in [4.78, 5) is 61.5. The average molecular weight is 1640 g/mol. The number of hydrogen-bond acceptors (Lipinski definition) is 17. The molecule has 6 aromatic carbocycles. The molecule has 9 rings (SSSR count). The monoisotopic (exact) mass is 1630 g/mol. The number of benzene rings is 6. The third kappa shape index (κ3) is 31.9. The van der Waals surface area contributed by atoms with Crippen LogP contribution < -0.4 is 43.3 Å². The number of nitrogens with one attached hydrogen (secondary N) is 7. The smallest absolute Gasteiger partial charge is 0.217 e. The Morgan fingerprint density at radius 1 is 0.470 bits per heavy atom. The second kappa shape index (κ2) is 46.4. The normalized spacial score (nSPS) is 19.0. The van der Waals surface area contributed by atoms with Crippen molar-refractivity contribution in [1.29, 1.82) is 0 Å². The van der Waals surface area contributed by atoms with Gasteiger partial charge in [-0.15, -0.1) is 12.4 Å². The highest BCUT2D eigenvalue weighted by molar-refractivity contribution is 5.85. The van der Waals surface area contributed by atoms with Crippen LogP contribution in [-0.4, -0.2) is 140 Å². The van der Waals surface area contributed by atoms with Crippen molar-refractivity contribution in [2.24, 2.45) is 11.1 Å².